The Morgan fingerprint density at radius 3 is 2.52 bits per heavy atom. The Hall–Kier alpha value is -2.31. The number of methoxy groups -OCH3 is 1. The van der Waals surface area contributed by atoms with E-state index < -0.39 is 4.92 Å². The molecule has 1 amide bonds. The lowest BCUT2D eigenvalue weighted by Gasteiger charge is -2.24. The molecule has 0 aliphatic heterocycles. The van der Waals surface area contributed by atoms with Gasteiger partial charge in [0.05, 0.1) is 24.7 Å². The molecule has 1 aliphatic carbocycles. The summed E-state index contributed by atoms with van der Waals surface area (Å²) in [5, 5.41) is 11.3. The fourth-order valence-electron chi connectivity index (χ4n) is 2.95. The van der Waals surface area contributed by atoms with E-state index in [4.69, 9.17) is 9.47 Å². The molecule has 1 aromatic rings. The summed E-state index contributed by atoms with van der Waals surface area (Å²) in [7, 11) is 3.11. The zero-order valence-electron chi connectivity index (χ0n) is 13.7. The van der Waals surface area contributed by atoms with Crippen molar-refractivity contribution in [2.24, 2.45) is 0 Å². The molecule has 1 fully saturated rings. The Balaban J connectivity index is 2.43. The number of carbonyl (C=O) groups is 1. The van der Waals surface area contributed by atoms with Gasteiger partial charge < -0.3 is 14.4 Å². The van der Waals surface area contributed by atoms with E-state index in [1.165, 1.54) is 19.2 Å². The van der Waals surface area contributed by atoms with Gasteiger partial charge in [-0.2, -0.15) is 0 Å². The second kappa shape index (κ2) is 7.30. The van der Waals surface area contributed by atoms with E-state index in [0.717, 1.165) is 25.7 Å². The van der Waals surface area contributed by atoms with Crippen LogP contribution in [0.4, 0.5) is 5.69 Å². The number of nitro groups is 1. The molecule has 2 rings (SSSR count). The second-order valence-electron chi connectivity index (χ2n) is 5.56. The molecular weight excluding hydrogens is 300 g/mol. The molecule has 0 bridgehead atoms. The van der Waals surface area contributed by atoms with Gasteiger partial charge in [-0.1, -0.05) is 12.8 Å². The Kier molecular flexibility index (Phi) is 5.41. The predicted molar refractivity (Wildman–Crippen MR) is 85.2 cm³/mol. The highest BCUT2D eigenvalue weighted by Crippen LogP contribution is 2.36. The third-order valence-corrected chi connectivity index (χ3v) is 4.20. The third kappa shape index (κ3) is 3.55. The minimum atomic E-state index is -0.562. The maximum atomic E-state index is 12.7. The summed E-state index contributed by atoms with van der Waals surface area (Å²) in [6.07, 6.45) is 4.03. The standard InChI is InChI=1S/C16H22N2O5/c1-4-23-15-9-12(13(18(20)21)10-14(15)22-3)16(19)17(2)11-7-5-6-8-11/h9-11H,4-8H2,1-3H3. The maximum Gasteiger partial charge on any atom is 0.286 e. The van der Waals surface area contributed by atoms with Gasteiger partial charge >= 0.3 is 0 Å². The molecule has 0 aromatic heterocycles. The molecule has 1 aliphatic rings. The van der Waals surface area contributed by atoms with Gasteiger partial charge in [0.1, 0.15) is 5.56 Å². The Morgan fingerprint density at radius 1 is 1.35 bits per heavy atom. The molecule has 1 aromatic carbocycles. The quantitative estimate of drug-likeness (QED) is 0.594. The molecule has 1 saturated carbocycles. The van der Waals surface area contributed by atoms with Crippen LogP contribution in [0.1, 0.15) is 43.0 Å². The first kappa shape index (κ1) is 17.1. The van der Waals surface area contributed by atoms with Crippen LogP contribution >= 0.6 is 0 Å². The monoisotopic (exact) mass is 322 g/mol. The van der Waals surface area contributed by atoms with Crippen LogP contribution in [0.2, 0.25) is 0 Å². The van der Waals surface area contributed by atoms with Crippen molar-refractivity contribution >= 4 is 11.6 Å². The molecule has 7 nitrogen and oxygen atoms in total. The molecule has 0 N–H and O–H groups in total. The number of nitro benzene ring substituents is 1. The van der Waals surface area contributed by atoms with Crippen LogP contribution in [0.3, 0.4) is 0 Å². The fraction of sp³-hybridized carbons (Fsp3) is 0.562. The van der Waals surface area contributed by atoms with Crippen molar-refractivity contribution in [3.05, 3.63) is 27.8 Å². The van der Waals surface area contributed by atoms with Crippen molar-refractivity contribution in [1.29, 1.82) is 0 Å². The molecular formula is C16H22N2O5. The maximum absolute atomic E-state index is 12.7. The molecule has 0 spiro atoms. The first-order chi connectivity index (χ1) is 11.0. The van der Waals surface area contributed by atoms with Gasteiger partial charge in [0.15, 0.2) is 11.5 Å². The lowest BCUT2D eigenvalue weighted by Crippen LogP contribution is -2.35. The van der Waals surface area contributed by atoms with Gasteiger partial charge in [-0.15, -0.1) is 0 Å². The van der Waals surface area contributed by atoms with Crippen LogP contribution in [0.25, 0.3) is 0 Å². The molecule has 0 atom stereocenters. The normalized spacial score (nSPS) is 14.6. The minimum Gasteiger partial charge on any atom is -0.493 e. The number of carbonyl (C=O) groups excluding carboxylic acids is 1. The van der Waals surface area contributed by atoms with Crippen molar-refractivity contribution < 1.29 is 19.2 Å². The summed E-state index contributed by atoms with van der Waals surface area (Å²) < 4.78 is 10.6. The van der Waals surface area contributed by atoms with E-state index in [2.05, 4.69) is 0 Å². The summed E-state index contributed by atoms with van der Waals surface area (Å²) in [5.74, 6) is 0.231. The number of ether oxygens (including phenoxy) is 2. The molecule has 23 heavy (non-hydrogen) atoms. The van der Waals surface area contributed by atoms with Crippen LogP contribution in [-0.2, 0) is 0 Å². The van der Waals surface area contributed by atoms with E-state index in [1.807, 2.05) is 0 Å². The van der Waals surface area contributed by atoms with E-state index >= 15 is 0 Å². The highest BCUT2D eigenvalue weighted by molar-refractivity contribution is 5.99. The Bertz CT molecular complexity index is 596. The van der Waals surface area contributed by atoms with Gasteiger partial charge in [0.25, 0.3) is 11.6 Å². The first-order valence-corrected chi connectivity index (χ1v) is 7.76. The lowest BCUT2D eigenvalue weighted by atomic mass is 10.1. The van der Waals surface area contributed by atoms with Crippen molar-refractivity contribution in [3.63, 3.8) is 0 Å². The molecule has 0 saturated heterocycles. The van der Waals surface area contributed by atoms with Gasteiger partial charge in [-0.3, -0.25) is 14.9 Å². The summed E-state index contributed by atoms with van der Waals surface area (Å²) >= 11 is 0. The summed E-state index contributed by atoms with van der Waals surface area (Å²) in [5.41, 5.74) is -0.228. The molecule has 0 radical (unpaired) electrons. The van der Waals surface area contributed by atoms with Crippen LogP contribution in [0.15, 0.2) is 12.1 Å². The molecule has 126 valence electrons. The van der Waals surface area contributed by atoms with Crippen LogP contribution in [0, 0.1) is 10.1 Å². The van der Waals surface area contributed by atoms with Crippen LogP contribution in [-0.4, -0.2) is 42.5 Å². The zero-order chi connectivity index (χ0) is 17.0. The molecule has 0 unspecified atom stereocenters. The average Bonchev–Trinajstić information content (AvgIpc) is 3.07. The topological polar surface area (TPSA) is 81.9 Å². The summed E-state index contributed by atoms with van der Waals surface area (Å²) in [6, 6.07) is 2.80. The van der Waals surface area contributed by atoms with Crippen molar-refractivity contribution in [1.82, 2.24) is 4.90 Å². The number of amides is 1. The number of benzene rings is 1. The van der Waals surface area contributed by atoms with Crippen molar-refractivity contribution in [2.45, 2.75) is 38.6 Å². The molecule has 7 heteroatoms. The SMILES string of the molecule is CCOc1cc(C(=O)N(C)C2CCCC2)c([N+](=O)[O-])cc1OC. The third-order valence-electron chi connectivity index (χ3n) is 4.20. The lowest BCUT2D eigenvalue weighted by molar-refractivity contribution is -0.385. The van der Waals surface area contributed by atoms with Crippen molar-refractivity contribution in [2.75, 3.05) is 20.8 Å². The van der Waals surface area contributed by atoms with Gasteiger partial charge in [-0.25, -0.2) is 0 Å². The van der Waals surface area contributed by atoms with Gasteiger partial charge in [-0.05, 0) is 19.8 Å². The number of hydrogen-bond acceptors (Lipinski definition) is 5. The highest BCUT2D eigenvalue weighted by atomic mass is 16.6. The van der Waals surface area contributed by atoms with Crippen molar-refractivity contribution in [3.8, 4) is 11.5 Å². The van der Waals surface area contributed by atoms with Gasteiger partial charge in [0.2, 0.25) is 0 Å². The zero-order valence-corrected chi connectivity index (χ0v) is 13.7. The van der Waals surface area contributed by atoms with E-state index in [-0.39, 0.29) is 28.9 Å². The summed E-state index contributed by atoms with van der Waals surface area (Å²) in [4.78, 5) is 25.1. The first-order valence-electron chi connectivity index (χ1n) is 7.76. The fourth-order valence-corrected chi connectivity index (χ4v) is 2.95. The van der Waals surface area contributed by atoms with Crippen LogP contribution in [0.5, 0.6) is 11.5 Å². The number of rotatable bonds is 6. The summed E-state index contributed by atoms with van der Waals surface area (Å²) in [6.45, 7) is 2.17. The number of nitrogens with zero attached hydrogens (tertiary/aromatic N) is 2. The number of hydrogen-bond donors (Lipinski definition) is 0. The Morgan fingerprint density at radius 2 is 2.00 bits per heavy atom. The van der Waals surface area contributed by atoms with Crippen LogP contribution < -0.4 is 9.47 Å². The van der Waals surface area contributed by atoms with E-state index in [9.17, 15) is 14.9 Å². The predicted octanol–water partition coefficient (Wildman–Crippen LogP) is 3.02. The minimum absolute atomic E-state index is 0.0358. The smallest absolute Gasteiger partial charge is 0.286 e. The van der Waals surface area contributed by atoms with E-state index in [0.29, 0.717) is 12.4 Å². The Labute approximate surface area is 135 Å². The largest absolute Gasteiger partial charge is 0.493 e. The molecule has 0 heterocycles. The highest BCUT2D eigenvalue weighted by Gasteiger charge is 2.30. The average molecular weight is 322 g/mol. The van der Waals surface area contributed by atoms with E-state index in [1.54, 1.807) is 18.9 Å². The second-order valence-corrected chi connectivity index (χ2v) is 5.56. The van der Waals surface area contributed by atoms with Gasteiger partial charge in [0, 0.05) is 19.2 Å².